The van der Waals surface area contributed by atoms with Gasteiger partial charge in [-0.3, -0.25) is 4.90 Å². The van der Waals surface area contributed by atoms with Crippen LogP contribution in [0.4, 0.5) is 22.4 Å². The minimum atomic E-state index is -4.58. The van der Waals surface area contributed by atoms with Gasteiger partial charge in [-0.25, -0.2) is 13.2 Å². The highest BCUT2D eigenvalue weighted by Crippen LogP contribution is 2.33. The molecule has 0 aromatic heterocycles. The lowest BCUT2D eigenvalue weighted by Gasteiger charge is -2.35. The van der Waals surface area contributed by atoms with Crippen LogP contribution in [0, 0.1) is 0 Å². The Labute approximate surface area is 236 Å². The summed E-state index contributed by atoms with van der Waals surface area (Å²) >= 11 is 6.09. The summed E-state index contributed by atoms with van der Waals surface area (Å²) in [5.41, 5.74) is 1.74. The first-order valence-electron chi connectivity index (χ1n) is 12.6. The van der Waals surface area contributed by atoms with Crippen LogP contribution in [0.5, 0.6) is 5.75 Å². The minimum Gasteiger partial charge on any atom is -0.428 e. The molecule has 0 radical (unpaired) electrons. The molecule has 0 aliphatic carbocycles. The predicted octanol–water partition coefficient (Wildman–Crippen LogP) is 4.17. The van der Waals surface area contributed by atoms with E-state index in [9.17, 15) is 30.8 Å². The Morgan fingerprint density at radius 3 is 2.17 bits per heavy atom. The maximum absolute atomic E-state index is 13.4. The van der Waals surface area contributed by atoms with E-state index in [1.165, 1.54) is 28.6 Å². The highest BCUT2D eigenvalue weighted by Gasteiger charge is 2.44. The lowest BCUT2D eigenvalue weighted by atomic mass is 9.93. The quantitative estimate of drug-likeness (QED) is 0.422. The van der Waals surface area contributed by atoms with Gasteiger partial charge in [0.25, 0.3) is 0 Å². The van der Waals surface area contributed by atoms with E-state index in [2.05, 4.69) is 9.64 Å². The standard InChI is InChI=1S/C26H31ClF4N4O4S/c1-32(15-18-3-9-21(10-4-18)39-26(30,31)24(28)29)23-17-34(16-22(23)19-5-7-20(27)8-6-19)25(36)33-11-13-35(14-12-33)40(2,37)38/h3-10,22-24H,11-17H2,1-2H3/t22-,23-/m1/s1. The Kier molecular flexibility index (Phi) is 9.18. The number of hydrogen-bond acceptors (Lipinski definition) is 5. The summed E-state index contributed by atoms with van der Waals surface area (Å²) in [4.78, 5) is 18.9. The third kappa shape index (κ3) is 7.17. The molecule has 2 aromatic rings. The molecule has 40 heavy (non-hydrogen) atoms. The van der Waals surface area contributed by atoms with E-state index in [4.69, 9.17) is 11.6 Å². The summed E-state index contributed by atoms with van der Waals surface area (Å²) in [6.07, 6.45) is -7.37. The van der Waals surface area contributed by atoms with Crippen LogP contribution >= 0.6 is 11.6 Å². The Hall–Kier alpha value is -2.61. The number of urea groups is 1. The monoisotopic (exact) mass is 606 g/mol. The van der Waals surface area contributed by atoms with Gasteiger partial charge in [0, 0.05) is 62.8 Å². The number of sulfonamides is 1. The maximum atomic E-state index is 13.4. The van der Waals surface area contributed by atoms with E-state index >= 15 is 0 Å². The molecule has 2 saturated heterocycles. The molecule has 4 rings (SSSR count). The van der Waals surface area contributed by atoms with Crippen molar-refractivity contribution in [3.05, 3.63) is 64.7 Å². The highest BCUT2D eigenvalue weighted by atomic mass is 35.5. The minimum absolute atomic E-state index is 0.0594. The number of likely N-dealkylation sites (tertiary alicyclic amines) is 1. The number of piperazine rings is 1. The fourth-order valence-corrected chi connectivity index (χ4v) is 6.06. The Morgan fingerprint density at radius 2 is 1.62 bits per heavy atom. The summed E-state index contributed by atoms with van der Waals surface area (Å²) in [5.74, 6) is -0.430. The average molecular weight is 607 g/mol. The number of carbonyl (C=O) groups excluding carboxylic acids is 1. The molecule has 0 spiro atoms. The number of rotatable bonds is 8. The molecule has 2 amide bonds. The molecule has 2 heterocycles. The Bertz CT molecular complexity index is 1280. The molecule has 2 aliphatic rings. The number of amides is 2. The van der Waals surface area contributed by atoms with Crippen LogP contribution in [0.2, 0.25) is 5.02 Å². The summed E-state index contributed by atoms with van der Waals surface area (Å²) in [6, 6.07) is 12.6. The van der Waals surface area contributed by atoms with Crippen molar-refractivity contribution in [2.24, 2.45) is 0 Å². The largest absolute Gasteiger partial charge is 0.461 e. The number of nitrogens with zero attached hydrogens (tertiary/aromatic N) is 4. The zero-order valence-corrected chi connectivity index (χ0v) is 23.6. The number of carbonyl (C=O) groups is 1. The van der Waals surface area contributed by atoms with Crippen molar-refractivity contribution in [3.63, 3.8) is 0 Å². The van der Waals surface area contributed by atoms with E-state index in [1.54, 1.807) is 21.9 Å². The number of halogens is 5. The normalized spacial score (nSPS) is 20.9. The molecular formula is C26H31ClF4N4O4S. The van der Waals surface area contributed by atoms with Crippen molar-refractivity contribution < 1.29 is 35.5 Å². The predicted molar refractivity (Wildman–Crippen MR) is 142 cm³/mol. The molecule has 8 nitrogen and oxygen atoms in total. The van der Waals surface area contributed by atoms with Gasteiger partial charge in [0.2, 0.25) is 10.0 Å². The molecule has 220 valence electrons. The number of likely N-dealkylation sites (N-methyl/N-ethyl adjacent to an activating group) is 1. The van der Waals surface area contributed by atoms with Crippen LogP contribution < -0.4 is 4.74 Å². The van der Waals surface area contributed by atoms with Gasteiger partial charge in [0.15, 0.2) is 0 Å². The van der Waals surface area contributed by atoms with Gasteiger partial charge in [-0.2, -0.15) is 21.9 Å². The lowest BCUT2D eigenvalue weighted by Crippen LogP contribution is -2.53. The molecule has 2 aliphatic heterocycles. The molecule has 2 fully saturated rings. The Balaban J connectivity index is 1.46. The van der Waals surface area contributed by atoms with E-state index in [0.29, 0.717) is 37.7 Å². The molecule has 14 heteroatoms. The van der Waals surface area contributed by atoms with Crippen LogP contribution in [0.15, 0.2) is 48.5 Å². The number of ether oxygens (including phenoxy) is 1. The van der Waals surface area contributed by atoms with Gasteiger partial charge < -0.3 is 14.5 Å². The molecule has 0 bridgehead atoms. The molecule has 0 N–H and O–H groups in total. The average Bonchev–Trinajstić information content (AvgIpc) is 3.35. The zero-order valence-electron chi connectivity index (χ0n) is 22.0. The van der Waals surface area contributed by atoms with E-state index in [1.807, 2.05) is 19.2 Å². The first-order valence-corrected chi connectivity index (χ1v) is 14.9. The number of benzene rings is 2. The SMILES string of the molecule is CN(Cc1ccc(OC(F)(F)C(F)F)cc1)[C@@H]1CN(C(=O)N2CCN(S(C)(=O)=O)CC2)C[C@@H]1c1ccc(Cl)cc1. The summed E-state index contributed by atoms with van der Waals surface area (Å²) in [7, 11) is -1.43. The lowest BCUT2D eigenvalue weighted by molar-refractivity contribution is -0.253. The molecule has 2 aromatic carbocycles. The van der Waals surface area contributed by atoms with Gasteiger partial charge in [-0.1, -0.05) is 35.9 Å². The zero-order chi connectivity index (χ0) is 29.2. The second-order valence-electron chi connectivity index (χ2n) is 10.1. The fourth-order valence-electron chi connectivity index (χ4n) is 5.11. The summed E-state index contributed by atoms with van der Waals surface area (Å²) in [5, 5.41) is 0.586. The van der Waals surface area contributed by atoms with Crippen molar-refractivity contribution >= 4 is 27.7 Å². The fraction of sp³-hybridized carbons (Fsp3) is 0.500. The van der Waals surface area contributed by atoms with Crippen molar-refractivity contribution in [1.29, 1.82) is 0 Å². The van der Waals surface area contributed by atoms with Crippen molar-refractivity contribution in [2.75, 3.05) is 52.6 Å². The molecular weight excluding hydrogens is 576 g/mol. The summed E-state index contributed by atoms with van der Waals surface area (Å²) < 4.78 is 80.5. The van der Waals surface area contributed by atoms with Crippen LogP contribution in [-0.2, 0) is 16.6 Å². The second kappa shape index (κ2) is 12.1. The highest BCUT2D eigenvalue weighted by molar-refractivity contribution is 7.88. The topological polar surface area (TPSA) is 73.4 Å². The second-order valence-corrected chi connectivity index (χ2v) is 12.5. The number of hydrogen-bond donors (Lipinski definition) is 0. The number of alkyl halides is 4. The van der Waals surface area contributed by atoms with E-state index < -0.39 is 22.6 Å². The molecule has 2 atom stereocenters. The first-order chi connectivity index (χ1) is 18.7. The van der Waals surface area contributed by atoms with Gasteiger partial charge in [0.1, 0.15) is 5.75 Å². The van der Waals surface area contributed by atoms with Crippen LogP contribution in [0.1, 0.15) is 17.0 Å². The maximum Gasteiger partial charge on any atom is 0.461 e. The first kappa shape index (κ1) is 30.4. The van der Waals surface area contributed by atoms with Crippen molar-refractivity contribution in [3.8, 4) is 5.75 Å². The van der Waals surface area contributed by atoms with Gasteiger partial charge in [-0.05, 0) is 42.4 Å². The van der Waals surface area contributed by atoms with Crippen molar-refractivity contribution in [2.45, 2.75) is 31.0 Å². The van der Waals surface area contributed by atoms with Gasteiger partial charge in [0.05, 0.1) is 6.26 Å². The smallest absolute Gasteiger partial charge is 0.428 e. The molecule has 0 saturated carbocycles. The third-order valence-electron chi connectivity index (χ3n) is 7.27. The van der Waals surface area contributed by atoms with E-state index in [0.717, 1.165) is 17.4 Å². The summed E-state index contributed by atoms with van der Waals surface area (Å²) in [6.45, 7) is 2.33. The van der Waals surface area contributed by atoms with Crippen LogP contribution in [0.3, 0.4) is 0 Å². The van der Waals surface area contributed by atoms with E-state index in [-0.39, 0.29) is 36.8 Å². The van der Waals surface area contributed by atoms with Gasteiger partial charge in [-0.15, -0.1) is 0 Å². The van der Waals surface area contributed by atoms with Gasteiger partial charge >= 0.3 is 18.6 Å². The molecule has 0 unspecified atom stereocenters. The van der Waals surface area contributed by atoms with Crippen molar-refractivity contribution in [1.82, 2.24) is 19.0 Å². The van der Waals surface area contributed by atoms with Crippen LogP contribution in [0.25, 0.3) is 0 Å². The Morgan fingerprint density at radius 1 is 1.02 bits per heavy atom. The van der Waals surface area contributed by atoms with Crippen LogP contribution in [-0.4, -0.2) is 105 Å². The third-order valence-corrected chi connectivity index (χ3v) is 8.82.